The van der Waals surface area contributed by atoms with Gasteiger partial charge in [-0.2, -0.15) is 0 Å². The average molecular weight is 480 g/mol. The second-order valence-electron chi connectivity index (χ2n) is 9.19. The first-order valence-electron chi connectivity index (χ1n) is 13.7. The highest BCUT2D eigenvalue weighted by atomic mass is 16.5. The topological polar surface area (TPSA) is 48.4 Å². The van der Waals surface area contributed by atoms with Crippen LogP contribution in [0.5, 0.6) is 5.75 Å². The van der Waals surface area contributed by atoms with Crippen molar-refractivity contribution in [3.63, 3.8) is 0 Å². The minimum atomic E-state index is -0.214. The minimum absolute atomic E-state index is 0.214. The van der Waals surface area contributed by atoms with Gasteiger partial charge in [-0.25, -0.2) is 0 Å². The lowest BCUT2D eigenvalue weighted by Gasteiger charge is -2.07. The van der Waals surface area contributed by atoms with Crippen LogP contribution in [-0.4, -0.2) is 24.2 Å². The van der Waals surface area contributed by atoms with Gasteiger partial charge in [0.15, 0.2) is 0 Å². The van der Waals surface area contributed by atoms with E-state index in [9.17, 15) is 4.79 Å². The molecule has 0 atom stereocenters. The van der Waals surface area contributed by atoms with E-state index in [2.05, 4.69) is 55.2 Å². The Morgan fingerprint density at radius 1 is 0.800 bits per heavy atom. The van der Waals surface area contributed by atoms with Gasteiger partial charge in [0.1, 0.15) is 5.75 Å². The Hall–Kier alpha value is -2.46. The highest BCUT2D eigenvalue weighted by molar-refractivity contribution is 5.72. The van der Waals surface area contributed by atoms with E-state index >= 15 is 0 Å². The molecular formula is C31H45NO3. The Kier molecular flexibility index (Phi) is 15.5. The summed E-state index contributed by atoms with van der Waals surface area (Å²) in [5, 5.41) is 0. The van der Waals surface area contributed by atoms with Crippen molar-refractivity contribution < 1.29 is 14.3 Å². The fourth-order valence-electron chi connectivity index (χ4n) is 3.90. The van der Waals surface area contributed by atoms with E-state index in [1.165, 1.54) is 50.5 Å². The maximum atomic E-state index is 12.1. The molecule has 0 aliphatic rings. The number of benzene rings is 1. The highest BCUT2D eigenvalue weighted by Crippen LogP contribution is 2.21. The van der Waals surface area contributed by atoms with Gasteiger partial charge in [0, 0.05) is 25.2 Å². The summed E-state index contributed by atoms with van der Waals surface area (Å²) in [6.45, 7) is 6.12. The minimum Gasteiger partial charge on any atom is -0.425 e. The second kappa shape index (κ2) is 18.8. The molecule has 35 heavy (non-hydrogen) atoms. The fourth-order valence-corrected chi connectivity index (χ4v) is 3.90. The lowest BCUT2D eigenvalue weighted by molar-refractivity contribution is -0.134. The van der Waals surface area contributed by atoms with E-state index in [1.807, 2.05) is 12.1 Å². The summed E-state index contributed by atoms with van der Waals surface area (Å²) >= 11 is 0. The van der Waals surface area contributed by atoms with Crippen LogP contribution in [0.15, 0.2) is 54.7 Å². The molecule has 0 saturated heterocycles. The first kappa shape index (κ1) is 28.8. The fraction of sp³-hybridized carbons (Fsp3) is 0.548. The Balaban J connectivity index is 1.65. The number of allylic oxidation sites excluding steroid dienone is 2. The molecule has 1 heterocycles. The molecule has 0 bridgehead atoms. The molecule has 192 valence electrons. The molecule has 0 aliphatic carbocycles. The third-order valence-corrected chi connectivity index (χ3v) is 5.98. The van der Waals surface area contributed by atoms with Crippen LogP contribution in [0.2, 0.25) is 0 Å². The number of carbonyl (C=O) groups is 1. The molecule has 1 aromatic carbocycles. The van der Waals surface area contributed by atoms with Gasteiger partial charge in [0.2, 0.25) is 0 Å². The first-order valence-corrected chi connectivity index (χ1v) is 13.7. The predicted molar refractivity (Wildman–Crippen MR) is 146 cm³/mol. The summed E-state index contributed by atoms with van der Waals surface area (Å²) in [6.07, 6.45) is 20.3. The van der Waals surface area contributed by atoms with E-state index in [-0.39, 0.29) is 5.97 Å². The van der Waals surface area contributed by atoms with Crippen molar-refractivity contribution in [1.82, 2.24) is 4.98 Å². The van der Waals surface area contributed by atoms with Crippen molar-refractivity contribution in [2.45, 2.75) is 97.3 Å². The second-order valence-corrected chi connectivity index (χ2v) is 9.19. The highest BCUT2D eigenvalue weighted by Gasteiger charge is 2.06. The van der Waals surface area contributed by atoms with Crippen molar-refractivity contribution in [3.05, 3.63) is 60.3 Å². The zero-order valence-corrected chi connectivity index (χ0v) is 22.0. The summed E-state index contributed by atoms with van der Waals surface area (Å²) in [6, 6.07) is 12.3. The summed E-state index contributed by atoms with van der Waals surface area (Å²) < 4.78 is 11.0. The Morgan fingerprint density at radius 2 is 1.57 bits per heavy atom. The van der Waals surface area contributed by atoms with Crippen molar-refractivity contribution in [1.29, 1.82) is 0 Å². The van der Waals surface area contributed by atoms with Crippen LogP contribution in [0.1, 0.15) is 96.5 Å². The third-order valence-electron chi connectivity index (χ3n) is 5.98. The molecule has 0 unspecified atom stereocenters. The van der Waals surface area contributed by atoms with Crippen molar-refractivity contribution in [3.8, 4) is 17.0 Å². The van der Waals surface area contributed by atoms with Crippen LogP contribution in [-0.2, 0) is 16.0 Å². The molecule has 4 nitrogen and oxygen atoms in total. The molecule has 1 aromatic heterocycles. The van der Waals surface area contributed by atoms with Crippen molar-refractivity contribution in [2.75, 3.05) is 13.2 Å². The molecule has 0 N–H and O–H groups in total. The van der Waals surface area contributed by atoms with Gasteiger partial charge < -0.3 is 9.47 Å². The number of aromatic nitrogens is 1. The zero-order valence-electron chi connectivity index (χ0n) is 22.0. The van der Waals surface area contributed by atoms with E-state index in [0.717, 1.165) is 56.6 Å². The van der Waals surface area contributed by atoms with Crippen molar-refractivity contribution >= 4 is 5.97 Å². The number of nitrogens with zero attached hydrogens (tertiary/aromatic N) is 1. The van der Waals surface area contributed by atoms with Gasteiger partial charge in [-0.1, -0.05) is 82.4 Å². The molecule has 0 fully saturated rings. The normalized spacial score (nSPS) is 11.3. The number of aryl methyl sites for hydroxylation is 1. The number of ether oxygens (including phenoxy) is 2. The SMILES string of the molecule is CCCCCCC/C=C/CCC(=O)Oc1ccc(-c2ccc(CCCCCOCCC)cc2)nc1. The molecule has 0 aliphatic heterocycles. The monoisotopic (exact) mass is 479 g/mol. The molecule has 0 radical (unpaired) electrons. The average Bonchev–Trinajstić information content (AvgIpc) is 2.88. The zero-order chi connectivity index (χ0) is 25.0. The van der Waals surface area contributed by atoms with E-state index in [4.69, 9.17) is 9.47 Å². The molecule has 0 saturated carbocycles. The van der Waals surface area contributed by atoms with Crippen LogP contribution in [0.4, 0.5) is 0 Å². The number of hydrogen-bond acceptors (Lipinski definition) is 4. The van der Waals surface area contributed by atoms with Crippen LogP contribution in [0.3, 0.4) is 0 Å². The summed E-state index contributed by atoms with van der Waals surface area (Å²) in [7, 11) is 0. The van der Waals surface area contributed by atoms with Crippen LogP contribution in [0, 0.1) is 0 Å². The third kappa shape index (κ3) is 13.3. The predicted octanol–water partition coefficient (Wildman–Crippen LogP) is 8.49. The van der Waals surface area contributed by atoms with Gasteiger partial charge in [0.25, 0.3) is 0 Å². The Bertz CT molecular complexity index is 827. The van der Waals surface area contributed by atoms with Gasteiger partial charge in [-0.3, -0.25) is 9.78 Å². The molecule has 0 amide bonds. The molecular weight excluding hydrogens is 434 g/mol. The maximum Gasteiger partial charge on any atom is 0.311 e. The smallest absolute Gasteiger partial charge is 0.311 e. The Labute approximate surface area is 213 Å². The number of carbonyl (C=O) groups excluding carboxylic acids is 1. The number of rotatable bonds is 19. The van der Waals surface area contributed by atoms with Crippen LogP contribution < -0.4 is 4.74 Å². The Morgan fingerprint density at radius 3 is 2.31 bits per heavy atom. The lowest BCUT2D eigenvalue weighted by atomic mass is 10.0. The van der Waals surface area contributed by atoms with Gasteiger partial charge >= 0.3 is 5.97 Å². The molecule has 2 aromatic rings. The number of esters is 1. The van der Waals surface area contributed by atoms with Gasteiger partial charge in [-0.05, 0) is 62.6 Å². The standard InChI is InChI=1S/C31H45NO3/c1-3-5-6-7-8-9-10-11-14-17-31(33)35-29-22-23-30(32-26-29)28-20-18-27(19-21-28)16-13-12-15-25-34-24-4-2/h10-11,18-23,26H,3-9,12-17,24-25H2,1-2H3/b11-10+. The van der Waals surface area contributed by atoms with E-state index in [0.29, 0.717) is 12.2 Å². The van der Waals surface area contributed by atoms with Crippen molar-refractivity contribution in [2.24, 2.45) is 0 Å². The summed E-state index contributed by atoms with van der Waals surface area (Å²) in [5.41, 5.74) is 3.30. The molecule has 0 spiro atoms. The summed E-state index contributed by atoms with van der Waals surface area (Å²) in [4.78, 5) is 16.6. The van der Waals surface area contributed by atoms with Crippen LogP contribution in [0.25, 0.3) is 11.3 Å². The quantitative estimate of drug-likeness (QED) is 0.115. The molecule has 4 heteroatoms. The van der Waals surface area contributed by atoms with E-state index < -0.39 is 0 Å². The number of hydrogen-bond donors (Lipinski definition) is 0. The lowest BCUT2D eigenvalue weighted by Crippen LogP contribution is -2.07. The summed E-state index contributed by atoms with van der Waals surface area (Å²) in [5.74, 6) is 0.284. The number of pyridine rings is 1. The van der Waals surface area contributed by atoms with Gasteiger partial charge in [-0.15, -0.1) is 0 Å². The van der Waals surface area contributed by atoms with Gasteiger partial charge in [0.05, 0.1) is 11.9 Å². The van der Waals surface area contributed by atoms with E-state index in [1.54, 1.807) is 6.20 Å². The maximum absolute atomic E-state index is 12.1. The molecule has 2 rings (SSSR count). The largest absolute Gasteiger partial charge is 0.425 e. The first-order chi connectivity index (χ1) is 17.2. The van der Waals surface area contributed by atoms with Crippen LogP contribution >= 0.6 is 0 Å². The number of unbranched alkanes of at least 4 members (excludes halogenated alkanes) is 7.